The van der Waals surface area contributed by atoms with E-state index in [-0.39, 0.29) is 22.9 Å². The normalized spacial score (nSPS) is 12.0. The summed E-state index contributed by atoms with van der Waals surface area (Å²) in [6, 6.07) is 4.97. The van der Waals surface area contributed by atoms with Crippen LogP contribution in [0, 0.1) is 12.7 Å². The molecule has 0 N–H and O–H groups in total. The van der Waals surface area contributed by atoms with Crippen molar-refractivity contribution in [3.63, 3.8) is 0 Å². The highest BCUT2D eigenvalue weighted by molar-refractivity contribution is 5.98. The number of carbonyl (C=O) groups excluding carboxylic acids is 1. The minimum atomic E-state index is -5.00. The van der Waals surface area contributed by atoms with Crippen molar-refractivity contribution in [1.82, 2.24) is 14.9 Å². The Morgan fingerprint density at radius 3 is 2.09 bits per heavy atom. The van der Waals surface area contributed by atoms with Gasteiger partial charge < -0.3 is 4.90 Å². The van der Waals surface area contributed by atoms with Crippen LogP contribution in [-0.2, 0) is 18.9 Å². The maximum absolute atomic E-state index is 13.5. The number of hydrogen-bond acceptors (Lipinski definition) is 3. The van der Waals surface area contributed by atoms with Crippen molar-refractivity contribution >= 4 is 5.91 Å². The van der Waals surface area contributed by atoms with Crippen LogP contribution >= 0.6 is 0 Å². The molecule has 0 aliphatic carbocycles. The largest absolute Gasteiger partial charge is 0.416 e. The van der Waals surface area contributed by atoms with E-state index in [2.05, 4.69) is 9.97 Å². The lowest BCUT2D eigenvalue weighted by Crippen LogP contribution is -2.28. The van der Waals surface area contributed by atoms with Gasteiger partial charge in [0.15, 0.2) is 0 Å². The lowest BCUT2D eigenvalue weighted by molar-refractivity contribution is -0.143. The average Bonchev–Trinajstić information content (AvgIpc) is 2.72. The smallest absolute Gasteiger partial charge is 0.336 e. The molecule has 0 fully saturated rings. The lowest BCUT2D eigenvalue weighted by atomic mass is 9.99. The summed E-state index contributed by atoms with van der Waals surface area (Å²) in [6.07, 6.45) is -7.60. The molecule has 174 valence electrons. The Morgan fingerprint density at radius 2 is 1.55 bits per heavy atom. The molecule has 0 saturated carbocycles. The minimum Gasteiger partial charge on any atom is -0.336 e. The molecule has 0 unspecified atom stereocenters. The number of aryl methyl sites for hydroxylation is 1. The zero-order valence-corrected chi connectivity index (χ0v) is 17.2. The highest BCUT2D eigenvalue weighted by Crippen LogP contribution is 2.36. The van der Waals surface area contributed by atoms with Crippen LogP contribution in [0.3, 0.4) is 0 Å². The Bertz CT molecular complexity index is 1160. The summed E-state index contributed by atoms with van der Waals surface area (Å²) in [6.45, 7) is 1.06. The Labute approximate surface area is 183 Å². The van der Waals surface area contributed by atoms with Crippen LogP contribution in [0.5, 0.6) is 0 Å². The number of benzene rings is 2. The van der Waals surface area contributed by atoms with Crippen molar-refractivity contribution in [2.75, 3.05) is 7.05 Å². The van der Waals surface area contributed by atoms with Crippen molar-refractivity contribution in [3.8, 4) is 11.1 Å². The average molecular weight is 471 g/mol. The van der Waals surface area contributed by atoms with Gasteiger partial charge >= 0.3 is 12.4 Å². The number of aromatic nitrogens is 2. The van der Waals surface area contributed by atoms with E-state index in [0.717, 1.165) is 11.2 Å². The van der Waals surface area contributed by atoms with Gasteiger partial charge in [-0.05, 0) is 53.9 Å². The predicted octanol–water partition coefficient (Wildman–Crippen LogP) is 5.90. The molecule has 33 heavy (non-hydrogen) atoms. The third-order valence-electron chi connectivity index (χ3n) is 4.81. The highest BCUT2D eigenvalue weighted by Gasteiger charge is 2.37. The summed E-state index contributed by atoms with van der Waals surface area (Å²) in [7, 11) is 1.22. The molecule has 0 radical (unpaired) electrons. The molecule has 0 aliphatic heterocycles. The molecule has 2 aromatic carbocycles. The number of rotatable bonds is 4. The fraction of sp³-hybridized carbons (Fsp3) is 0.227. The van der Waals surface area contributed by atoms with E-state index < -0.39 is 41.7 Å². The molecule has 0 saturated heterocycles. The van der Waals surface area contributed by atoms with Crippen LogP contribution in [0.15, 0.2) is 48.9 Å². The summed E-state index contributed by atoms with van der Waals surface area (Å²) >= 11 is 0. The van der Waals surface area contributed by atoms with Gasteiger partial charge in [-0.2, -0.15) is 26.3 Å². The summed E-state index contributed by atoms with van der Waals surface area (Å²) in [5.41, 5.74) is -2.27. The quantitative estimate of drug-likeness (QED) is 0.445. The Morgan fingerprint density at radius 1 is 0.939 bits per heavy atom. The van der Waals surface area contributed by atoms with E-state index in [9.17, 15) is 35.5 Å². The minimum absolute atomic E-state index is 0.0190. The van der Waals surface area contributed by atoms with Gasteiger partial charge in [0.2, 0.25) is 0 Å². The molecule has 11 heteroatoms. The van der Waals surface area contributed by atoms with Gasteiger partial charge in [-0.25, -0.2) is 14.4 Å². The van der Waals surface area contributed by atoms with E-state index in [1.807, 2.05) is 0 Å². The molecule has 4 nitrogen and oxygen atoms in total. The maximum atomic E-state index is 13.5. The van der Waals surface area contributed by atoms with Gasteiger partial charge in [-0.15, -0.1) is 0 Å². The highest BCUT2D eigenvalue weighted by atomic mass is 19.4. The monoisotopic (exact) mass is 471 g/mol. The number of amides is 1. The van der Waals surface area contributed by atoms with Crippen molar-refractivity contribution in [2.24, 2.45) is 0 Å². The first-order valence-corrected chi connectivity index (χ1v) is 9.37. The molecule has 1 amide bonds. The molecule has 0 bridgehead atoms. The SMILES string of the molecule is Cc1cc(F)ccc1-c1cncnc1C(=O)N(C)Cc1cc(C(F)(F)F)cc(C(F)(F)F)c1. The van der Waals surface area contributed by atoms with E-state index in [0.29, 0.717) is 23.3 Å². The van der Waals surface area contributed by atoms with Gasteiger partial charge in [0.1, 0.15) is 17.8 Å². The van der Waals surface area contributed by atoms with Crippen molar-refractivity contribution in [2.45, 2.75) is 25.8 Å². The predicted molar refractivity (Wildman–Crippen MR) is 104 cm³/mol. The molecule has 3 aromatic rings. The van der Waals surface area contributed by atoms with Crippen molar-refractivity contribution in [3.05, 3.63) is 82.7 Å². The van der Waals surface area contributed by atoms with Gasteiger partial charge in [0.25, 0.3) is 5.91 Å². The summed E-state index contributed by atoms with van der Waals surface area (Å²) in [5, 5.41) is 0. The van der Waals surface area contributed by atoms with Crippen LogP contribution in [0.1, 0.15) is 32.7 Å². The van der Waals surface area contributed by atoms with Crippen LogP contribution in [-0.4, -0.2) is 27.8 Å². The van der Waals surface area contributed by atoms with E-state index in [4.69, 9.17) is 0 Å². The van der Waals surface area contributed by atoms with Gasteiger partial charge in [-0.3, -0.25) is 4.79 Å². The Hall–Kier alpha value is -3.50. The molecular formula is C22H16F7N3O. The molecule has 1 aromatic heterocycles. The first kappa shape index (κ1) is 24.1. The molecule has 3 rings (SSSR count). The molecular weight excluding hydrogens is 455 g/mol. The van der Waals surface area contributed by atoms with Crippen molar-refractivity contribution in [1.29, 1.82) is 0 Å². The van der Waals surface area contributed by atoms with Crippen LogP contribution in [0.2, 0.25) is 0 Å². The third-order valence-corrected chi connectivity index (χ3v) is 4.81. The summed E-state index contributed by atoms with van der Waals surface area (Å²) < 4.78 is 92.1. The van der Waals surface area contributed by atoms with Gasteiger partial charge in [0, 0.05) is 25.4 Å². The second-order valence-corrected chi connectivity index (χ2v) is 7.32. The van der Waals surface area contributed by atoms with Crippen LogP contribution < -0.4 is 0 Å². The Balaban J connectivity index is 1.97. The zero-order valence-electron chi connectivity index (χ0n) is 17.2. The summed E-state index contributed by atoms with van der Waals surface area (Å²) in [4.78, 5) is 21.7. The number of carbonyl (C=O) groups is 1. The van der Waals surface area contributed by atoms with Gasteiger partial charge in [0.05, 0.1) is 11.1 Å². The topological polar surface area (TPSA) is 46.1 Å². The number of halogens is 7. The fourth-order valence-corrected chi connectivity index (χ4v) is 3.26. The number of nitrogens with zero attached hydrogens (tertiary/aromatic N) is 3. The second kappa shape index (κ2) is 8.80. The van der Waals surface area contributed by atoms with E-state index in [1.54, 1.807) is 6.92 Å². The van der Waals surface area contributed by atoms with Crippen LogP contribution in [0.4, 0.5) is 30.7 Å². The van der Waals surface area contributed by atoms with E-state index >= 15 is 0 Å². The summed E-state index contributed by atoms with van der Waals surface area (Å²) in [5.74, 6) is -1.26. The first-order valence-electron chi connectivity index (χ1n) is 9.37. The molecule has 0 aliphatic rings. The number of hydrogen-bond donors (Lipinski definition) is 0. The maximum Gasteiger partial charge on any atom is 0.416 e. The molecule has 1 heterocycles. The van der Waals surface area contributed by atoms with E-state index in [1.165, 1.54) is 31.4 Å². The molecule has 0 atom stereocenters. The number of alkyl halides is 6. The third kappa shape index (κ3) is 5.47. The Kier molecular flexibility index (Phi) is 6.44. The van der Waals surface area contributed by atoms with Crippen molar-refractivity contribution < 1.29 is 35.5 Å². The fourth-order valence-electron chi connectivity index (χ4n) is 3.26. The zero-order chi connectivity index (χ0) is 24.6. The van der Waals surface area contributed by atoms with Crippen LogP contribution in [0.25, 0.3) is 11.1 Å². The lowest BCUT2D eigenvalue weighted by Gasteiger charge is -2.20. The second-order valence-electron chi connectivity index (χ2n) is 7.32. The van der Waals surface area contributed by atoms with Gasteiger partial charge in [-0.1, -0.05) is 6.07 Å². The first-order chi connectivity index (χ1) is 15.3. The molecule has 0 spiro atoms. The standard InChI is InChI=1S/C22H16F7N3O/c1-12-5-16(23)3-4-17(12)18-9-30-11-31-19(18)20(33)32(2)10-13-6-14(21(24,25)26)8-15(7-13)22(27,28)29/h3-9,11H,10H2,1-2H3.